The fourth-order valence-corrected chi connectivity index (χ4v) is 1.93. The molecule has 0 atom stereocenters. The third-order valence-electron chi connectivity index (χ3n) is 2.80. The molecule has 0 spiro atoms. The van der Waals surface area contributed by atoms with Gasteiger partial charge in [0.15, 0.2) is 5.12 Å². The number of thiol groups is 1. The highest BCUT2D eigenvalue weighted by molar-refractivity contribution is 7.96. The first-order chi connectivity index (χ1) is 7.08. The fourth-order valence-electron chi connectivity index (χ4n) is 1.69. The molecule has 1 rings (SSSR count). The minimum Gasteiger partial charge on any atom is -0.304 e. The van der Waals surface area contributed by atoms with Crippen LogP contribution in [-0.2, 0) is 4.79 Å². The van der Waals surface area contributed by atoms with Gasteiger partial charge in [0.25, 0.3) is 0 Å². The molecule has 0 unspecified atom stereocenters. The molecule has 88 valence electrons. The quantitative estimate of drug-likeness (QED) is 0.653. The SMILES string of the molecule is CN1CCN(CCN(C)CC(=O)S)CC1. The molecule has 1 aliphatic heterocycles. The zero-order valence-electron chi connectivity index (χ0n) is 9.65. The van der Waals surface area contributed by atoms with Gasteiger partial charge in [0, 0.05) is 39.3 Å². The van der Waals surface area contributed by atoms with Gasteiger partial charge in [0.05, 0.1) is 6.54 Å². The molecule has 0 aromatic heterocycles. The number of piperazine rings is 1. The van der Waals surface area contributed by atoms with Gasteiger partial charge >= 0.3 is 0 Å². The Hall–Kier alpha value is -0.100. The predicted molar refractivity (Wildman–Crippen MR) is 65.4 cm³/mol. The van der Waals surface area contributed by atoms with Crippen LogP contribution in [0.25, 0.3) is 0 Å². The lowest BCUT2D eigenvalue weighted by Crippen LogP contribution is -2.46. The van der Waals surface area contributed by atoms with E-state index in [2.05, 4.69) is 29.5 Å². The van der Waals surface area contributed by atoms with Crippen LogP contribution in [0.15, 0.2) is 0 Å². The van der Waals surface area contributed by atoms with Crippen LogP contribution in [0.2, 0.25) is 0 Å². The van der Waals surface area contributed by atoms with E-state index < -0.39 is 0 Å². The van der Waals surface area contributed by atoms with Crippen LogP contribution in [-0.4, -0.2) is 79.7 Å². The average molecular weight is 231 g/mol. The van der Waals surface area contributed by atoms with Gasteiger partial charge in [-0.1, -0.05) is 0 Å². The molecule has 0 bridgehead atoms. The lowest BCUT2D eigenvalue weighted by Gasteiger charge is -2.33. The summed E-state index contributed by atoms with van der Waals surface area (Å²) in [5.74, 6) is 0. The maximum atomic E-state index is 10.8. The van der Waals surface area contributed by atoms with Crippen molar-refractivity contribution < 1.29 is 4.79 Å². The van der Waals surface area contributed by atoms with Gasteiger partial charge in [0.1, 0.15) is 0 Å². The highest BCUT2D eigenvalue weighted by Crippen LogP contribution is 1.99. The molecule has 0 aliphatic carbocycles. The second-order valence-corrected chi connectivity index (χ2v) is 4.78. The minimum atomic E-state index is -0.0594. The van der Waals surface area contributed by atoms with E-state index >= 15 is 0 Å². The Labute approximate surface area is 97.6 Å². The van der Waals surface area contributed by atoms with E-state index in [1.165, 1.54) is 0 Å². The number of carbonyl (C=O) groups excluding carboxylic acids is 1. The number of hydrogen-bond donors (Lipinski definition) is 1. The van der Waals surface area contributed by atoms with Crippen molar-refractivity contribution in [3.8, 4) is 0 Å². The highest BCUT2D eigenvalue weighted by Gasteiger charge is 2.13. The van der Waals surface area contributed by atoms with Crippen molar-refractivity contribution in [3.63, 3.8) is 0 Å². The molecule has 0 N–H and O–H groups in total. The Morgan fingerprint density at radius 1 is 1.33 bits per heavy atom. The fraction of sp³-hybridized carbons (Fsp3) is 0.900. The van der Waals surface area contributed by atoms with E-state index in [1.807, 2.05) is 11.9 Å². The summed E-state index contributed by atoms with van der Waals surface area (Å²) in [6, 6.07) is 0. The zero-order chi connectivity index (χ0) is 11.3. The Kier molecular flexibility index (Phi) is 5.60. The van der Waals surface area contributed by atoms with Crippen molar-refractivity contribution >= 4 is 17.7 Å². The first kappa shape index (κ1) is 13.0. The van der Waals surface area contributed by atoms with Gasteiger partial charge in [-0.15, -0.1) is 12.6 Å². The van der Waals surface area contributed by atoms with Crippen molar-refractivity contribution in [3.05, 3.63) is 0 Å². The van der Waals surface area contributed by atoms with Gasteiger partial charge in [0.2, 0.25) is 0 Å². The molecule has 1 saturated heterocycles. The van der Waals surface area contributed by atoms with Gasteiger partial charge in [-0.3, -0.25) is 14.6 Å². The van der Waals surface area contributed by atoms with E-state index in [9.17, 15) is 4.79 Å². The Morgan fingerprint density at radius 3 is 2.47 bits per heavy atom. The standard InChI is InChI=1S/C10H21N3OS/c1-11-3-6-13(7-4-11)8-5-12(2)9-10(14)15/h3-9H2,1-2H3,(H,14,15). The van der Waals surface area contributed by atoms with Crippen LogP contribution in [0.5, 0.6) is 0 Å². The monoisotopic (exact) mass is 231 g/mol. The first-order valence-corrected chi connectivity index (χ1v) is 5.84. The lowest BCUT2D eigenvalue weighted by atomic mass is 10.3. The van der Waals surface area contributed by atoms with Crippen molar-refractivity contribution in [1.82, 2.24) is 14.7 Å². The zero-order valence-corrected chi connectivity index (χ0v) is 10.5. The molecule has 5 heteroatoms. The maximum absolute atomic E-state index is 10.8. The van der Waals surface area contributed by atoms with E-state index in [1.54, 1.807) is 0 Å². The highest BCUT2D eigenvalue weighted by atomic mass is 32.1. The van der Waals surface area contributed by atoms with Gasteiger partial charge in [-0.25, -0.2) is 0 Å². The third kappa shape index (κ3) is 5.51. The topological polar surface area (TPSA) is 26.8 Å². The second-order valence-electron chi connectivity index (χ2n) is 4.28. The number of nitrogens with zero attached hydrogens (tertiary/aromatic N) is 3. The van der Waals surface area contributed by atoms with Gasteiger partial charge in [-0.2, -0.15) is 0 Å². The average Bonchev–Trinajstić information content (AvgIpc) is 2.16. The third-order valence-corrected chi connectivity index (χ3v) is 2.94. The summed E-state index contributed by atoms with van der Waals surface area (Å²) in [6.07, 6.45) is 0. The summed E-state index contributed by atoms with van der Waals surface area (Å²) in [7, 11) is 4.12. The van der Waals surface area contributed by atoms with E-state index in [0.29, 0.717) is 6.54 Å². The van der Waals surface area contributed by atoms with Crippen molar-refractivity contribution in [2.45, 2.75) is 0 Å². The normalized spacial score (nSPS) is 19.7. The molecule has 0 aromatic rings. The molecular formula is C10H21N3OS. The van der Waals surface area contributed by atoms with Gasteiger partial charge < -0.3 is 4.90 Å². The first-order valence-electron chi connectivity index (χ1n) is 5.39. The van der Waals surface area contributed by atoms with Crippen LogP contribution < -0.4 is 0 Å². The number of carbonyl (C=O) groups is 1. The van der Waals surface area contributed by atoms with E-state index in [-0.39, 0.29) is 5.12 Å². The largest absolute Gasteiger partial charge is 0.304 e. The minimum absolute atomic E-state index is 0.0594. The summed E-state index contributed by atoms with van der Waals surface area (Å²) in [5, 5.41) is -0.0594. The van der Waals surface area contributed by atoms with E-state index in [4.69, 9.17) is 0 Å². The van der Waals surface area contributed by atoms with Crippen LogP contribution >= 0.6 is 12.6 Å². The maximum Gasteiger partial charge on any atom is 0.199 e. The van der Waals surface area contributed by atoms with Crippen LogP contribution in [0.1, 0.15) is 0 Å². The number of hydrogen-bond acceptors (Lipinski definition) is 4. The molecular weight excluding hydrogens is 210 g/mol. The molecule has 0 radical (unpaired) electrons. The lowest BCUT2D eigenvalue weighted by molar-refractivity contribution is -0.111. The Morgan fingerprint density at radius 2 is 1.93 bits per heavy atom. The number of rotatable bonds is 5. The number of likely N-dealkylation sites (N-methyl/N-ethyl adjacent to an activating group) is 2. The van der Waals surface area contributed by atoms with E-state index in [0.717, 1.165) is 39.3 Å². The van der Waals surface area contributed by atoms with Crippen LogP contribution in [0, 0.1) is 0 Å². The molecule has 15 heavy (non-hydrogen) atoms. The summed E-state index contributed by atoms with van der Waals surface area (Å²) in [5.41, 5.74) is 0. The smallest absolute Gasteiger partial charge is 0.199 e. The van der Waals surface area contributed by atoms with Crippen molar-refractivity contribution in [1.29, 1.82) is 0 Å². The molecule has 1 aliphatic rings. The molecule has 4 nitrogen and oxygen atoms in total. The molecule has 0 amide bonds. The molecule has 0 saturated carbocycles. The second kappa shape index (κ2) is 6.48. The summed E-state index contributed by atoms with van der Waals surface area (Å²) < 4.78 is 0. The van der Waals surface area contributed by atoms with Crippen molar-refractivity contribution in [2.75, 3.05) is 59.9 Å². The van der Waals surface area contributed by atoms with Crippen LogP contribution in [0.4, 0.5) is 0 Å². The molecule has 0 aromatic carbocycles. The van der Waals surface area contributed by atoms with Gasteiger partial charge in [-0.05, 0) is 14.1 Å². The molecule has 1 heterocycles. The summed E-state index contributed by atoms with van der Waals surface area (Å²) >= 11 is 3.77. The Bertz CT molecular complexity index is 205. The summed E-state index contributed by atoms with van der Waals surface area (Å²) in [6.45, 7) is 7.00. The van der Waals surface area contributed by atoms with Crippen molar-refractivity contribution in [2.24, 2.45) is 0 Å². The molecule has 1 fully saturated rings. The predicted octanol–water partition coefficient (Wildman–Crippen LogP) is -0.378. The van der Waals surface area contributed by atoms with Crippen LogP contribution in [0.3, 0.4) is 0 Å². The Balaban J connectivity index is 2.11. The summed E-state index contributed by atoms with van der Waals surface area (Å²) in [4.78, 5) is 17.6.